The van der Waals surface area contributed by atoms with Gasteiger partial charge in [-0.2, -0.15) is 0 Å². The number of hydrogen-bond donors (Lipinski definition) is 2. The molecule has 1 fully saturated rings. The van der Waals surface area contributed by atoms with Gasteiger partial charge in [0.15, 0.2) is 5.84 Å². The van der Waals surface area contributed by atoms with Gasteiger partial charge >= 0.3 is 0 Å². The Morgan fingerprint density at radius 2 is 1.90 bits per heavy atom. The smallest absolute Gasteiger partial charge is 0.270 e. The average molecular weight is 402 g/mol. The first-order valence-electron chi connectivity index (χ1n) is 9.56. The van der Waals surface area contributed by atoms with Crippen LogP contribution in [0.15, 0.2) is 66.5 Å². The van der Waals surface area contributed by atoms with E-state index in [1.807, 2.05) is 13.0 Å². The van der Waals surface area contributed by atoms with Crippen LogP contribution in [0, 0.1) is 0 Å². The van der Waals surface area contributed by atoms with Crippen molar-refractivity contribution < 1.29 is 13.6 Å². The number of nitrogens with one attached hydrogen (secondary N) is 2. The number of rotatable bonds is 7. The summed E-state index contributed by atoms with van der Waals surface area (Å²) in [6.45, 7) is 11.7. The Balaban J connectivity index is 2.06. The van der Waals surface area contributed by atoms with Crippen molar-refractivity contribution in [3.63, 3.8) is 0 Å². The van der Waals surface area contributed by atoms with Gasteiger partial charge in [0, 0.05) is 43.5 Å². The molecule has 0 atom stereocenters. The highest BCUT2D eigenvalue weighted by Crippen LogP contribution is 2.28. The van der Waals surface area contributed by atoms with Gasteiger partial charge in [-0.05, 0) is 38.0 Å². The summed E-state index contributed by atoms with van der Waals surface area (Å²) in [7, 11) is 0. The van der Waals surface area contributed by atoms with E-state index in [1.54, 1.807) is 18.3 Å². The molecule has 0 spiro atoms. The highest BCUT2D eigenvalue weighted by atomic mass is 19.3. The summed E-state index contributed by atoms with van der Waals surface area (Å²) in [5.74, 6) is -2.36. The van der Waals surface area contributed by atoms with E-state index >= 15 is 0 Å². The number of piperidine rings is 1. The minimum absolute atomic E-state index is 0.0416. The maximum atomic E-state index is 13.4. The SMILES string of the molecule is C=CC(=O)NC1CCN(/C(=N/C=C\C)C(=C)Nc2ccc(C(C)(F)F)cc2)CC1. The fraction of sp³-hybridized carbons (Fsp3) is 0.364. The Hall–Kier alpha value is -2.96. The zero-order valence-electron chi connectivity index (χ0n) is 16.9. The van der Waals surface area contributed by atoms with Crippen molar-refractivity contribution in [3.8, 4) is 0 Å². The molecule has 2 rings (SSSR count). The number of aliphatic imine (C=N–C) groups is 1. The van der Waals surface area contributed by atoms with Crippen LogP contribution in [-0.2, 0) is 10.7 Å². The van der Waals surface area contributed by atoms with E-state index < -0.39 is 5.92 Å². The van der Waals surface area contributed by atoms with E-state index in [0.29, 0.717) is 30.3 Å². The molecule has 1 saturated heterocycles. The zero-order valence-corrected chi connectivity index (χ0v) is 16.9. The lowest BCUT2D eigenvalue weighted by Gasteiger charge is -2.35. The second-order valence-corrected chi connectivity index (χ2v) is 6.98. The molecule has 29 heavy (non-hydrogen) atoms. The highest BCUT2D eigenvalue weighted by molar-refractivity contribution is 6.00. The number of anilines is 1. The molecule has 0 saturated carbocycles. The normalized spacial score (nSPS) is 16.0. The van der Waals surface area contributed by atoms with E-state index in [0.717, 1.165) is 19.8 Å². The van der Waals surface area contributed by atoms with Crippen molar-refractivity contribution in [2.75, 3.05) is 18.4 Å². The summed E-state index contributed by atoms with van der Waals surface area (Å²) in [6, 6.07) is 6.09. The van der Waals surface area contributed by atoms with E-state index in [9.17, 15) is 13.6 Å². The van der Waals surface area contributed by atoms with E-state index in [4.69, 9.17) is 0 Å². The summed E-state index contributed by atoms with van der Waals surface area (Å²) in [5.41, 5.74) is 1.19. The van der Waals surface area contributed by atoms with Crippen LogP contribution < -0.4 is 10.6 Å². The molecule has 1 aliphatic heterocycles. The lowest BCUT2D eigenvalue weighted by atomic mass is 10.0. The molecule has 1 heterocycles. The molecule has 5 nitrogen and oxygen atoms in total. The Morgan fingerprint density at radius 1 is 1.28 bits per heavy atom. The number of amides is 1. The number of alkyl halides is 2. The van der Waals surface area contributed by atoms with Crippen LogP contribution >= 0.6 is 0 Å². The van der Waals surface area contributed by atoms with E-state index in [-0.39, 0.29) is 17.5 Å². The first-order valence-corrected chi connectivity index (χ1v) is 9.56. The van der Waals surface area contributed by atoms with Crippen molar-refractivity contribution in [3.05, 3.63) is 67.0 Å². The molecular formula is C22H28F2N4O. The summed E-state index contributed by atoms with van der Waals surface area (Å²) in [5, 5.41) is 6.07. The first kappa shape index (κ1) is 22.3. The largest absolute Gasteiger partial charge is 0.355 e. The molecule has 0 bridgehead atoms. The number of likely N-dealkylation sites (tertiary alicyclic amines) is 1. The number of nitrogens with zero attached hydrogens (tertiary/aromatic N) is 2. The first-order chi connectivity index (χ1) is 13.7. The molecule has 0 aromatic heterocycles. The van der Waals surface area contributed by atoms with Crippen LogP contribution in [0.2, 0.25) is 0 Å². The standard InChI is InChI=1S/C22H28F2N4O/c1-5-13-25-21(28-14-11-19(12-15-28)27-20(29)6-2)16(3)26-18-9-7-17(8-10-18)22(4,23)24/h5-10,13,19,26H,2-3,11-12,14-15H2,1,4H3,(H,27,29)/b13-5-,25-21+. The number of benzene rings is 1. The number of halogens is 2. The third-order valence-electron chi connectivity index (χ3n) is 4.63. The molecule has 2 N–H and O–H groups in total. The third kappa shape index (κ3) is 6.55. The van der Waals surface area contributed by atoms with Gasteiger partial charge in [-0.1, -0.05) is 31.4 Å². The molecule has 1 amide bonds. The quantitative estimate of drug-likeness (QED) is 0.403. The molecule has 0 aliphatic carbocycles. The average Bonchev–Trinajstić information content (AvgIpc) is 2.69. The maximum absolute atomic E-state index is 13.4. The second kappa shape index (κ2) is 10.0. The van der Waals surface area contributed by atoms with Crippen LogP contribution in [-0.4, -0.2) is 35.8 Å². The Bertz CT molecular complexity index is 786. The Kier molecular flexibility index (Phi) is 7.70. The molecule has 1 aromatic carbocycles. The third-order valence-corrected chi connectivity index (χ3v) is 4.63. The van der Waals surface area contributed by atoms with Crippen LogP contribution in [0.25, 0.3) is 0 Å². The van der Waals surface area contributed by atoms with Gasteiger partial charge in [-0.25, -0.2) is 13.8 Å². The lowest BCUT2D eigenvalue weighted by Crippen LogP contribution is -2.47. The summed E-state index contributed by atoms with van der Waals surface area (Å²) in [6.07, 6.45) is 6.34. The zero-order chi connectivity index (χ0) is 21.4. The number of carbonyl (C=O) groups excluding carboxylic acids is 1. The van der Waals surface area contributed by atoms with Crippen molar-refractivity contribution in [1.82, 2.24) is 10.2 Å². The van der Waals surface area contributed by atoms with Gasteiger partial charge < -0.3 is 15.5 Å². The topological polar surface area (TPSA) is 56.7 Å². The lowest BCUT2D eigenvalue weighted by molar-refractivity contribution is -0.117. The predicted molar refractivity (Wildman–Crippen MR) is 114 cm³/mol. The molecule has 7 heteroatoms. The number of hydrogen-bond acceptors (Lipinski definition) is 3. The van der Waals surface area contributed by atoms with Gasteiger partial charge in [0.2, 0.25) is 5.91 Å². The molecule has 1 aromatic rings. The Labute approximate surface area is 170 Å². The highest BCUT2D eigenvalue weighted by Gasteiger charge is 2.25. The van der Waals surface area contributed by atoms with Crippen molar-refractivity contribution in [2.45, 2.75) is 38.7 Å². The number of allylic oxidation sites excluding steroid dienone is 1. The molecule has 0 unspecified atom stereocenters. The van der Waals surface area contributed by atoms with Gasteiger partial charge in [-0.3, -0.25) is 4.79 Å². The van der Waals surface area contributed by atoms with E-state index in [2.05, 4.69) is 33.7 Å². The minimum atomic E-state index is -2.88. The molecule has 0 radical (unpaired) electrons. The van der Waals surface area contributed by atoms with Crippen molar-refractivity contribution in [1.29, 1.82) is 0 Å². The molecule has 156 valence electrons. The maximum Gasteiger partial charge on any atom is 0.270 e. The molecule has 1 aliphatic rings. The summed E-state index contributed by atoms with van der Waals surface area (Å²) in [4.78, 5) is 18.1. The Morgan fingerprint density at radius 3 is 2.41 bits per heavy atom. The summed E-state index contributed by atoms with van der Waals surface area (Å²) >= 11 is 0. The van der Waals surface area contributed by atoms with Gasteiger partial charge in [-0.15, -0.1) is 0 Å². The van der Waals surface area contributed by atoms with Crippen LogP contribution in [0.5, 0.6) is 0 Å². The van der Waals surface area contributed by atoms with Crippen molar-refractivity contribution in [2.24, 2.45) is 4.99 Å². The minimum Gasteiger partial charge on any atom is -0.355 e. The van der Waals surface area contributed by atoms with Crippen molar-refractivity contribution >= 4 is 17.4 Å². The fourth-order valence-electron chi connectivity index (χ4n) is 3.07. The fourth-order valence-corrected chi connectivity index (χ4v) is 3.07. The number of carbonyl (C=O) groups is 1. The van der Waals surface area contributed by atoms with Gasteiger partial charge in [0.05, 0.1) is 5.70 Å². The molecular weight excluding hydrogens is 374 g/mol. The van der Waals surface area contributed by atoms with Crippen LogP contribution in [0.4, 0.5) is 14.5 Å². The van der Waals surface area contributed by atoms with E-state index in [1.165, 1.54) is 18.2 Å². The van der Waals surface area contributed by atoms with Crippen LogP contribution in [0.1, 0.15) is 32.3 Å². The second-order valence-electron chi connectivity index (χ2n) is 6.98. The number of amidine groups is 1. The summed E-state index contributed by atoms with van der Waals surface area (Å²) < 4.78 is 26.8. The van der Waals surface area contributed by atoms with Gasteiger partial charge in [0.1, 0.15) is 0 Å². The van der Waals surface area contributed by atoms with Gasteiger partial charge in [0.25, 0.3) is 5.92 Å². The van der Waals surface area contributed by atoms with Crippen LogP contribution in [0.3, 0.4) is 0 Å². The monoisotopic (exact) mass is 402 g/mol. The predicted octanol–water partition coefficient (Wildman–Crippen LogP) is 4.42.